The predicted octanol–water partition coefficient (Wildman–Crippen LogP) is 6.13. The predicted molar refractivity (Wildman–Crippen MR) is 182 cm³/mol. The fourth-order valence-electron chi connectivity index (χ4n) is 6.16. The van der Waals surface area contributed by atoms with E-state index in [1.54, 1.807) is 49.4 Å². The van der Waals surface area contributed by atoms with Gasteiger partial charge in [0.25, 0.3) is 5.91 Å². The van der Waals surface area contributed by atoms with Crippen LogP contribution in [0.25, 0.3) is 22.2 Å². The van der Waals surface area contributed by atoms with Crippen molar-refractivity contribution in [2.45, 2.75) is 43.6 Å². The fourth-order valence-corrected chi connectivity index (χ4v) is 6.32. The summed E-state index contributed by atoms with van der Waals surface area (Å²) < 4.78 is 41.7. The molecule has 2 aromatic heterocycles. The fraction of sp³-hybridized carbons (Fsp3) is 0.237. The number of hydrogen-bond acceptors (Lipinski definition) is 7. The topological polar surface area (TPSA) is 134 Å². The van der Waals surface area contributed by atoms with Crippen LogP contribution in [0.1, 0.15) is 52.6 Å². The maximum Gasteiger partial charge on any atom is 0.251 e. The van der Waals surface area contributed by atoms with Crippen LogP contribution in [-0.4, -0.2) is 47.3 Å². The second-order valence-corrected chi connectivity index (χ2v) is 13.3. The second kappa shape index (κ2) is 12.5. The van der Waals surface area contributed by atoms with Gasteiger partial charge in [-0.05, 0) is 62.6 Å². The molecule has 1 fully saturated rings. The van der Waals surface area contributed by atoms with Crippen LogP contribution in [0.4, 0.5) is 8.78 Å². The minimum atomic E-state index is -1.68. The molecule has 2 aliphatic rings. The molecule has 254 valence electrons. The van der Waals surface area contributed by atoms with Crippen molar-refractivity contribution in [3.63, 3.8) is 0 Å². The zero-order chi connectivity index (χ0) is 35.4. The lowest BCUT2D eigenvalue weighted by Gasteiger charge is -2.30. The average Bonchev–Trinajstić information content (AvgIpc) is 3.86. The molecule has 1 aliphatic carbocycles. The molecule has 3 heterocycles. The number of ether oxygens (including phenoxy) is 2. The van der Waals surface area contributed by atoms with E-state index in [2.05, 4.69) is 10.3 Å². The van der Waals surface area contributed by atoms with E-state index in [9.17, 15) is 18.8 Å². The highest BCUT2D eigenvalue weighted by Crippen LogP contribution is 2.47. The molecule has 0 radical (unpaired) electrons. The Morgan fingerprint density at radius 1 is 1.08 bits per heavy atom. The number of carbonyl (C=O) groups excluding carboxylic acids is 3. The van der Waals surface area contributed by atoms with Crippen LogP contribution in [0.3, 0.4) is 0 Å². The third-order valence-electron chi connectivity index (χ3n) is 9.33. The average molecular weight is 697 g/mol. The van der Waals surface area contributed by atoms with Gasteiger partial charge in [-0.1, -0.05) is 48.0 Å². The zero-order valence-electron chi connectivity index (χ0n) is 27.1. The number of aromatic nitrogens is 2. The van der Waals surface area contributed by atoms with Crippen LogP contribution < -0.4 is 20.5 Å². The number of aryl methyl sites for hydroxylation is 1. The van der Waals surface area contributed by atoms with Gasteiger partial charge in [-0.15, -0.1) is 0 Å². The number of carbonyl (C=O) groups is 3. The normalized spacial score (nSPS) is 17.8. The molecule has 0 spiro atoms. The number of halogens is 3. The first-order valence-corrected chi connectivity index (χ1v) is 16.3. The Kier molecular flexibility index (Phi) is 8.26. The molecule has 0 bridgehead atoms. The Labute approximate surface area is 290 Å². The molecule has 2 atom stereocenters. The van der Waals surface area contributed by atoms with Gasteiger partial charge in [0.15, 0.2) is 0 Å². The van der Waals surface area contributed by atoms with Gasteiger partial charge in [0.05, 0.1) is 16.8 Å². The number of rotatable bonds is 10. The summed E-state index contributed by atoms with van der Waals surface area (Å²) in [5.41, 5.74) is 4.91. The lowest BCUT2D eigenvalue weighted by molar-refractivity contribution is -0.123. The molecule has 3 N–H and O–H groups in total. The molecule has 5 aromatic rings. The largest absolute Gasteiger partial charge is 0.489 e. The van der Waals surface area contributed by atoms with Gasteiger partial charge in [-0.25, -0.2) is 18.7 Å². The minimum Gasteiger partial charge on any atom is -0.489 e. The Morgan fingerprint density at radius 2 is 1.84 bits per heavy atom. The highest BCUT2D eigenvalue weighted by molar-refractivity contribution is 6.31. The Bertz CT molecular complexity index is 2210. The summed E-state index contributed by atoms with van der Waals surface area (Å²) in [5.74, 6) is -2.69. The van der Waals surface area contributed by atoms with Gasteiger partial charge in [-0.2, -0.15) is 0 Å². The van der Waals surface area contributed by atoms with E-state index < -0.39 is 34.3 Å². The SMILES string of the molecule is Cc1ccc2cc(C(=O)NCC(C=O)(c3ccccc3)c3cc4c(c(-c5cc(Cl)c(F)cc5F)n3)OC[C@]4(C)C(N)=O)cc(OC3CC3)c2n1. The van der Waals surface area contributed by atoms with Crippen molar-refractivity contribution in [2.75, 3.05) is 13.2 Å². The maximum atomic E-state index is 15.4. The van der Waals surface area contributed by atoms with Crippen LogP contribution in [-0.2, 0) is 20.4 Å². The van der Waals surface area contributed by atoms with Crippen molar-refractivity contribution >= 4 is 40.6 Å². The van der Waals surface area contributed by atoms with Crippen LogP contribution >= 0.6 is 11.6 Å². The number of pyridine rings is 2. The number of nitrogens with two attached hydrogens (primary N) is 1. The first-order chi connectivity index (χ1) is 23.9. The molecule has 0 saturated heterocycles. The summed E-state index contributed by atoms with van der Waals surface area (Å²) in [4.78, 5) is 49.6. The van der Waals surface area contributed by atoms with E-state index in [1.807, 2.05) is 19.1 Å². The van der Waals surface area contributed by atoms with Gasteiger partial charge < -0.3 is 25.3 Å². The van der Waals surface area contributed by atoms with Crippen molar-refractivity contribution < 1.29 is 32.6 Å². The summed E-state index contributed by atoms with van der Waals surface area (Å²) in [6, 6.07) is 18.8. The molecule has 1 saturated carbocycles. The summed E-state index contributed by atoms with van der Waals surface area (Å²) in [6.45, 7) is 2.95. The Morgan fingerprint density at radius 3 is 2.54 bits per heavy atom. The van der Waals surface area contributed by atoms with Crippen LogP contribution in [0, 0.1) is 18.6 Å². The molecule has 1 aliphatic heterocycles. The first-order valence-electron chi connectivity index (χ1n) is 16.0. The number of primary amides is 1. The minimum absolute atomic E-state index is 0.0386. The van der Waals surface area contributed by atoms with Gasteiger partial charge >= 0.3 is 0 Å². The molecule has 1 unspecified atom stereocenters. The van der Waals surface area contributed by atoms with E-state index in [-0.39, 0.29) is 58.1 Å². The lowest BCUT2D eigenvalue weighted by Crippen LogP contribution is -2.44. The number of fused-ring (bicyclic) bond motifs is 2. The maximum absolute atomic E-state index is 15.4. The van der Waals surface area contributed by atoms with Gasteiger partial charge in [0, 0.05) is 40.4 Å². The van der Waals surface area contributed by atoms with E-state index in [0.717, 1.165) is 24.6 Å². The summed E-state index contributed by atoms with van der Waals surface area (Å²) in [6.07, 6.45) is 2.51. The third kappa shape index (κ3) is 5.71. The molecule has 50 heavy (non-hydrogen) atoms. The molecular weight excluding hydrogens is 666 g/mol. The Balaban J connectivity index is 1.36. The van der Waals surface area contributed by atoms with Crippen molar-refractivity contribution in [2.24, 2.45) is 5.73 Å². The molecule has 2 amide bonds. The number of benzene rings is 3. The van der Waals surface area contributed by atoms with Crippen LogP contribution in [0.15, 0.2) is 72.8 Å². The van der Waals surface area contributed by atoms with Crippen LogP contribution in [0.2, 0.25) is 5.02 Å². The monoisotopic (exact) mass is 696 g/mol. The first kappa shape index (κ1) is 33.1. The zero-order valence-corrected chi connectivity index (χ0v) is 27.8. The quantitative estimate of drug-likeness (QED) is 0.133. The summed E-state index contributed by atoms with van der Waals surface area (Å²) >= 11 is 6.07. The molecule has 9 nitrogen and oxygen atoms in total. The van der Waals surface area contributed by atoms with Crippen LogP contribution in [0.5, 0.6) is 11.5 Å². The molecule has 3 aromatic carbocycles. The Hall–Kier alpha value is -5.42. The van der Waals surface area contributed by atoms with E-state index in [0.29, 0.717) is 34.6 Å². The third-order valence-corrected chi connectivity index (χ3v) is 9.62. The standard InChI is InChI=1S/C38H31ClF2N4O5/c1-20-8-9-21-12-22(13-30(32(21)44-20)50-24-10-11-24)35(47)43-17-38(18-46,23-6-4-3-5-7-23)31-15-26-34(49-19-37(26,2)36(42)48)33(45-31)25-14-27(39)29(41)16-28(25)40/h3-9,12-16,18,24H,10-11,17,19H2,1-2H3,(H2,42,48)(H,43,47)/t37-,38?/m0/s1. The number of aldehydes is 1. The molecule has 12 heteroatoms. The molecule has 7 rings (SSSR count). The number of nitrogens with one attached hydrogen (secondary N) is 1. The van der Waals surface area contributed by atoms with Gasteiger partial charge in [0.2, 0.25) is 5.91 Å². The van der Waals surface area contributed by atoms with E-state index in [4.69, 9.17) is 31.8 Å². The summed E-state index contributed by atoms with van der Waals surface area (Å²) in [7, 11) is 0. The highest BCUT2D eigenvalue weighted by atomic mass is 35.5. The number of amides is 2. The van der Waals surface area contributed by atoms with E-state index in [1.165, 1.54) is 6.07 Å². The van der Waals surface area contributed by atoms with Crippen molar-refractivity contribution in [3.8, 4) is 22.8 Å². The summed E-state index contributed by atoms with van der Waals surface area (Å²) in [5, 5.41) is 3.24. The molecular formula is C38H31ClF2N4O5. The van der Waals surface area contributed by atoms with Crippen molar-refractivity contribution in [1.29, 1.82) is 0 Å². The smallest absolute Gasteiger partial charge is 0.251 e. The van der Waals surface area contributed by atoms with Gasteiger partial charge in [-0.3, -0.25) is 9.59 Å². The highest BCUT2D eigenvalue weighted by Gasteiger charge is 2.46. The van der Waals surface area contributed by atoms with E-state index >= 15 is 4.39 Å². The van der Waals surface area contributed by atoms with Crippen molar-refractivity contribution in [1.82, 2.24) is 15.3 Å². The van der Waals surface area contributed by atoms with Crippen molar-refractivity contribution in [3.05, 3.63) is 118 Å². The van der Waals surface area contributed by atoms with Gasteiger partial charge in [0.1, 0.15) is 58.1 Å². The number of hydrogen-bond donors (Lipinski definition) is 2. The second-order valence-electron chi connectivity index (χ2n) is 12.9. The number of nitrogens with zero attached hydrogens (tertiary/aromatic N) is 2. The lowest BCUT2D eigenvalue weighted by atomic mass is 9.75.